The number of benzene rings is 1. The van der Waals surface area contributed by atoms with E-state index >= 15 is 0 Å². The summed E-state index contributed by atoms with van der Waals surface area (Å²) in [4.78, 5) is 11.0. The van der Waals surface area contributed by atoms with Gasteiger partial charge in [-0.25, -0.2) is 4.79 Å². The summed E-state index contributed by atoms with van der Waals surface area (Å²) in [6.07, 6.45) is 1.54. The van der Waals surface area contributed by atoms with E-state index in [1.54, 1.807) is 11.6 Å². The number of carboxylic acids is 1. The predicted molar refractivity (Wildman–Crippen MR) is 63.7 cm³/mol. The Morgan fingerprint density at radius 2 is 2.33 bits per heavy atom. The zero-order valence-electron chi connectivity index (χ0n) is 9.50. The topological polar surface area (TPSA) is 77.2 Å². The maximum Gasteiger partial charge on any atom is 0.339 e. The van der Waals surface area contributed by atoms with Crippen LogP contribution in [-0.4, -0.2) is 25.8 Å². The van der Waals surface area contributed by atoms with Crippen molar-refractivity contribution in [3.8, 4) is 5.75 Å². The van der Waals surface area contributed by atoms with E-state index in [9.17, 15) is 4.79 Å². The minimum atomic E-state index is -1.07. The first-order valence-electron chi connectivity index (χ1n) is 5.06. The molecule has 0 amide bonds. The lowest BCUT2D eigenvalue weighted by Gasteiger charge is -2.08. The van der Waals surface area contributed by atoms with E-state index in [-0.39, 0.29) is 17.9 Å². The van der Waals surface area contributed by atoms with Gasteiger partial charge < -0.3 is 14.4 Å². The van der Waals surface area contributed by atoms with E-state index in [4.69, 9.17) is 21.4 Å². The first kappa shape index (κ1) is 12.4. The average molecular weight is 268 g/mol. The number of ether oxygens (including phenoxy) is 1. The molecule has 0 aliphatic heterocycles. The molecule has 0 unspecified atom stereocenters. The molecule has 94 valence electrons. The zero-order chi connectivity index (χ0) is 13.1. The van der Waals surface area contributed by atoms with E-state index < -0.39 is 5.97 Å². The number of halogens is 1. The van der Waals surface area contributed by atoms with Crippen LogP contribution in [0.3, 0.4) is 0 Å². The highest BCUT2D eigenvalue weighted by Crippen LogP contribution is 2.24. The molecule has 2 rings (SSSR count). The molecule has 0 spiro atoms. The molecule has 0 atom stereocenters. The van der Waals surface area contributed by atoms with Crippen molar-refractivity contribution < 1.29 is 14.6 Å². The maximum absolute atomic E-state index is 11.0. The zero-order valence-corrected chi connectivity index (χ0v) is 10.3. The highest BCUT2D eigenvalue weighted by Gasteiger charge is 2.12. The van der Waals surface area contributed by atoms with Crippen molar-refractivity contribution in [3.05, 3.63) is 40.9 Å². The monoisotopic (exact) mass is 267 g/mol. The van der Waals surface area contributed by atoms with Crippen molar-refractivity contribution >= 4 is 17.6 Å². The van der Waals surface area contributed by atoms with Crippen molar-refractivity contribution in [1.82, 2.24) is 14.8 Å². The third-order valence-corrected chi connectivity index (χ3v) is 2.57. The Labute approximate surface area is 108 Å². The SMILES string of the molecule is Cn1cnnc1COc1cc(Cl)ccc1C(=O)O. The van der Waals surface area contributed by atoms with Crippen LogP contribution >= 0.6 is 11.6 Å². The third-order valence-electron chi connectivity index (χ3n) is 2.34. The predicted octanol–water partition coefficient (Wildman–Crippen LogP) is 1.75. The molecule has 0 fully saturated rings. The van der Waals surface area contributed by atoms with Crippen LogP contribution < -0.4 is 4.74 Å². The van der Waals surface area contributed by atoms with Crippen molar-refractivity contribution in [3.63, 3.8) is 0 Å². The molecule has 1 N–H and O–H groups in total. The molecule has 7 heteroatoms. The quantitative estimate of drug-likeness (QED) is 0.913. The van der Waals surface area contributed by atoms with Crippen molar-refractivity contribution in [2.24, 2.45) is 7.05 Å². The number of carbonyl (C=O) groups is 1. The van der Waals surface area contributed by atoms with Crippen LogP contribution in [0.25, 0.3) is 0 Å². The van der Waals surface area contributed by atoms with Crippen LogP contribution in [0.5, 0.6) is 5.75 Å². The van der Waals surface area contributed by atoms with E-state index in [2.05, 4.69) is 10.2 Å². The molecule has 0 saturated heterocycles. The first-order chi connectivity index (χ1) is 8.58. The van der Waals surface area contributed by atoms with Gasteiger partial charge in [-0.05, 0) is 18.2 Å². The summed E-state index contributed by atoms with van der Waals surface area (Å²) in [5, 5.41) is 17.0. The van der Waals surface area contributed by atoms with Gasteiger partial charge in [0.15, 0.2) is 5.82 Å². The second-order valence-corrected chi connectivity index (χ2v) is 4.03. The molecular formula is C11H10ClN3O3. The Kier molecular flexibility index (Phi) is 3.47. The number of hydrogen-bond acceptors (Lipinski definition) is 4. The molecular weight excluding hydrogens is 258 g/mol. The summed E-state index contributed by atoms with van der Waals surface area (Å²) >= 11 is 5.81. The van der Waals surface area contributed by atoms with Gasteiger partial charge in [-0.3, -0.25) is 0 Å². The summed E-state index contributed by atoms with van der Waals surface area (Å²) in [5.74, 6) is -0.274. The largest absolute Gasteiger partial charge is 0.485 e. The number of aryl methyl sites for hydroxylation is 1. The molecule has 0 saturated carbocycles. The average Bonchev–Trinajstić information content (AvgIpc) is 2.72. The van der Waals surface area contributed by atoms with Crippen molar-refractivity contribution in [2.75, 3.05) is 0 Å². The van der Waals surface area contributed by atoms with Crippen LogP contribution in [-0.2, 0) is 13.7 Å². The van der Waals surface area contributed by atoms with Crippen LogP contribution in [0.15, 0.2) is 24.5 Å². The summed E-state index contributed by atoms with van der Waals surface area (Å²) in [6.45, 7) is 0.122. The summed E-state index contributed by atoms with van der Waals surface area (Å²) in [5.41, 5.74) is 0.0570. The van der Waals surface area contributed by atoms with Crippen LogP contribution in [0, 0.1) is 0 Å². The second kappa shape index (κ2) is 5.05. The number of aromatic nitrogens is 3. The molecule has 2 aromatic rings. The van der Waals surface area contributed by atoms with E-state index in [0.717, 1.165) is 0 Å². The van der Waals surface area contributed by atoms with Crippen LogP contribution in [0.2, 0.25) is 5.02 Å². The molecule has 1 heterocycles. The normalized spacial score (nSPS) is 10.3. The maximum atomic E-state index is 11.0. The van der Waals surface area contributed by atoms with Crippen LogP contribution in [0.4, 0.5) is 0 Å². The smallest absolute Gasteiger partial charge is 0.339 e. The van der Waals surface area contributed by atoms with Gasteiger partial charge >= 0.3 is 5.97 Å². The lowest BCUT2D eigenvalue weighted by Crippen LogP contribution is -2.06. The molecule has 18 heavy (non-hydrogen) atoms. The standard InChI is InChI=1S/C11H10ClN3O3/c1-15-6-13-14-10(15)5-18-9-4-7(12)2-3-8(9)11(16)17/h2-4,6H,5H2,1H3,(H,16,17). The molecule has 1 aromatic heterocycles. The van der Waals surface area contributed by atoms with Gasteiger partial charge in [-0.1, -0.05) is 11.6 Å². The lowest BCUT2D eigenvalue weighted by molar-refractivity contribution is 0.0691. The first-order valence-corrected chi connectivity index (χ1v) is 5.44. The molecule has 0 radical (unpaired) electrons. The third kappa shape index (κ3) is 2.60. The highest BCUT2D eigenvalue weighted by molar-refractivity contribution is 6.30. The van der Waals surface area contributed by atoms with E-state index in [1.807, 2.05) is 0 Å². The summed E-state index contributed by atoms with van der Waals surface area (Å²) in [7, 11) is 1.77. The van der Waals surface area contributed by atoms with Crippen molar-refractivity contribution in [2.45, 2.75) is 6.61 Å². The number of aromatic carboxylic acids is 1. The Balaban J connectivity index is 2.20. The molecule has 1 aromatic carbocycles. The fourth-order valence-corrected chi connectivity index (χ4v) is 1.53. The fourth-order valence-electron chi connectivity index (χ4n) is 1.37. The Morgan fingerprint density at radius 1 is 1.56 bits per heavy atom. The Hall–Kier alpha value is -2.08. The number of hydrogen-bond donors (Lipinski definition) is 1. The lowest BCUT2D eigenvalue weighted by atomic mass is 10.2. The molecule has 0 aliphatic carbocycles. The molecule has 0 aliphatic rings. The van der Waals surface area contributed by atoms with Crippen LogP contribution in [0.1, 0.15) is 16.2 Å². The van der Waals surface area contributed by atoms with E-state index in [1.165, 1.54) is 24.5 Å². The number of carboxylic acid groups (broad SMARTS) is 1. The second-order valence-electron chi connectivity index (χ2n) is 3.59. The summed E-state index contributed by atoms with van der Waals surface area (Å²) in [6, 6.07) is 4.36. The molecule has 0 bridgehead atoms. The van der Waals surface area contributed by atoms with Gasteiger partial charge in [0.25, 0.3) is 0 Å². The summed E-state index contributed by atoms with van der Waals surface area (Å²) < 4.78 is 7.10. The highest BCUT2D eigenvalue weighted by atomic mass is 35.5. The van der Waals surface area contributed by atoms with Crippen molar-refractivity contribution in [1.29, 1.82) is 0 Å². The van der Waals surface area contributed by atoms with Gasteiger partial charge in [-0.15, -0.1) is 10.2 Å². The van der Waals surface area contributed by atoms with Gasteiger partial charge in [0.1, 0.15) is 24.2 Å². The molecule has 6 nitrogen and oxygen atoms in total. The number of rotatable bonds is 4. The minimum absolute atomic E-state index is 0.0570. The van der Waals surface area contributed by atoms with Gasteiger partial charge in [0.05, 0.1) is 0 Å². The minimum Gasteiger partial charge on any atom is -0.485 e. The van der Waals surface area contributed by atoms with Gasteiger partial charge in [0, 0.05) is 12.1 Å². The fraction of sp³-hybridized carbons (Fsp3) is 0.182. The Morgan fingerprint density at radius 3 is 2.94 bits per heavy atom. The van der Waals surface area contributed by atoms with E-state index in [0.29, 0.717) is 10.8 Å². The number of nitrogens with zero attached hydrogens (tertiary/aromatic N) is 3. The van der Waals surface area contributed by atoms with Gasteiger partial charge in [0.2, 0.25) is 0 Å². The van der Waals surface area contributed by atoms with Gasteiger partial charge in [-0.2, -0.15) is 0 Å². The Bertz CT molecular complexity index is 583.